The van der Waals surface area contributed by atoms with Crippen molar-refractivity contribution < 1.29 is 0 Å². The Labute approximate surface area is 401 Å². The number of hydrogen-bond donors (Lipinski definition) is 0. The van der Waals surface area contributed by atoms with Gasteiger partial charge >= 0.3 is 0 Å². The minimum absolute atomic E-state index is 1.12. The standard InChI is InChI=1S/C66H78/c1-3-5-7-9-11-13-15-17-19-23-33-63-51-66(62-49-45-60(46-50-62)58-41-37-56(38-42-58)54-31-27-22-28-32-54)64(34-24-20-18-16-14-12-10-8-6-4-2)52-65(63)61-47-43-59(44-48-61)57-39-35-55(36-40-57)53-29-25-21-26-30-53/h21-22,25-32,35-52H,3-20,23-24,33-34H2,1-2H3. The first-order valence-electron chi connectivity index (χ1n) is 26.4. The van der Waals surface area contributed by atoms with Gasteiger partial charge in [0.15, 0.2) is 0 Å². The topological polar surface area (TPSA) is 0 Å². The van der Waals surface area contributed by atoms with Crippen molar-refractivity contribution in [1.29, 1.82) is 0 Å². The van der Waals surface area contributed by atoms with E-state index >= 15 is 0 Å². The maximum absolute atomic E-state index is 2.61. The van der Waals surface area contributed by atoms with Gasteiger partial charge < -0.3 is 0 Å². The molecule has 0 aliphatic heterocycles. The van der Waals surface area contributed by atoms with Gasteiger partial charge in [-0.25, -0.2) is 0 Å². The molecule has 7 rings (SSSR count). The molecule has 66 heavy (non-hydrogen) atoms. The fourth-order valence-electron chi connectivity index (χ4n) is 9.90. The van der Waals surface area contributed by atoms with Crippen molar-refractivity contribution in [3.63, 3.8) is 0 Å². The molecule has 0 bridgehead atoms. The SMILES string of the molecule is CCCCCCCCCCCCc1cc(-c2ccc(-c3ccc(-c4ccccc4)cc3)cc2)c(CCCCCCCCCCCC)cc1-c1ccc(-c2ccc(-c3ccccc3)cc2)cc1. The molecule has 0 spiro atoms. The molecule has 0 saturated carbocycles. The van der Waals surface area contributed by atoms with E-state index in [2.05, 4.69) is 184 Å². The summed E-state index contributed by atoms with van der Waals surface area (Å²) < 4.78 is 0. The summed E-state index contributed by atoms with van der Waals surface area (Å²) in [5, 5.41) is 0. The molecule has 0 fully saturated rings. The van der Waals surface area contributed by atoms with E-state index in [1.165, 1.54) is 206 Å². The first-order chi connectivity index (χ1) is 32.7. The summed E-state index contributed by atoms with van der Waals surface area (Å²) in [6.07, 6.45) is 29.4. The lowest BCUT2D eigenvalue weighted by Crippen LogP contribution is -1.99. The Bertz CT molecular complexity index is 2210. The lowest BCUT2D eigenvalue weighted by Gasteiger charge is -2.19. The van der Waals surface area contributed by atoms with E-state index in [1.807, 2.05) is 0 Å². The van der Waals surface area contributed by atoms with Crippen molar-refractivity contribution in [3.05, 3.63) is 181 Å². The maximum Gasteiger partial charge on any atom is -0.0149 e. The third kappa shape index (κ3) is 14.8. The molecule has 0 aliphatic carbocycles. The number of aryl methyl sites for hydroxylation is 2. The molecule has 7 aromatic carbocycles. The highest BCUT2D eigenvalue weighted by atomic mass is 14.2. The van der Waals surface area contributed by atoms with Gasteiger partial charge in [-0.15, -0.1) is 0 Å². The Balaban J connectivity index is 1.13. The fourth-order valence-corrected chi connectivity index (χ4v) is 9.90. The van der Waals surface area contributed by atoms with E-state index in [0.29, 0.717) is 0 Å². The molecule has 342 valence electrons. The van der Waals surface area contributed by atoms with Gasteiger partial charge in [-0.2, -0.15) is 0 Å². The third-order valence-corrected chi connectivity index (χ3v) is 14.0. The lowest BCUT2D eigenvalue weighted by atomic mass is 9.86. The Hall–Kier alpha value is -5.46. The molecule has 0 atom stereocenters. The van der Waals surface area contributed by atoms with Gasteiger partial charge in [-0.05, 0) is 104 Å². The van der Waals surface area contributed by atoms with Crippen LogP contribution < -0.4 is 0 Å². The molecular formula is C66H78. The highest BCUT2D eigenvalue weighted by Crippen LogP contribution is 2.37. The summed E-state index contributed by atoms with van der Waals surface area (Å²) in [4.78, 5) is 0. The van der Waals surface area contributed by atoms with Crippen LogP contribution >= 0.6 is 0 Å². The highest BCUT2D eigenvalue weighted by Gasteiger charge is 2.15. The van der Waals surface area contributed by atoms with Crippen LogP contribution in [0, 0.1) is 0 Å². The predicted molar refractivity (Wildman–Crippen MR) is 290 cm³/mol. The zero-order chi connectivity index (χ0) is 45.4. The van der Waals surface area contributed by atoms with E-state index in [0.717, 1.165) is 12.8 Å². The van der Waals surface area contributed by atoms with E-state index in [9.17, 15) is 0 Å². The van der Waals surface area contributed by atoms with Gasteiger partial charge in [0, 0.05) is 0 Å². The average molecular weight is 871 g/mol. The van der Waals surface area contributed by atoms with Crippen molar-refractivity contribution >= 4 is 0 Å². The van der Waals surface area contributed by atoms with Gasteiger partial charge in [-0.3, -0.25) is 0 Å². The molecule has 0 heterocycles. The van der Waals surface area contributed by atoms with Crippen LogP contribution in [-0.2, 0) is 12.8 Å². The molecule has 0 heteroatoms. The second-order valence-electron chi connectivity index (χ2n) is 19.1. The quantitative estimate of drug-likeness (QED) is 0.0430. The molecule has 0 unspecified atom stereocenters. The zero-order valence-corrected chi connectivity index (χ0v) is 40.7. The van der Waals surface area contributed by atoms with Crippen molar-refractivity contribution in [2.24, 2.45) is 0 Å². The van der Waals surface area contributed by atoms with Crippen molar-refractivity contribution in [2.45, 2.75) is 155 Å². The van der Waals surface area contributed by atoms with Crippen LogP contribution in [0.4, 0.5) is 0 Å². The first kappa shape index (κ1) is 48.5. The average Bonchev–Trinajstić information content (AvgIpc) is 3.38. The minimum atomic E-state index is 1.12. The van der Waals surface area contributed by atoms with Gasteiger partial charge in [-0.1, -0.05) is 299 Å². The number of rotatable bonds is 28. The number of unbranched alkanes of at least 4 members (excludes halogenated alkanes) is 18. The molecule has 0 nitrogen and oxygen atoms in total. The fraction of sp³-hybridized carbons (Fsp3) is 0.364. The summed E-state index contributed by atoms with van der Waals surface area (Å²) in [6.45, 7) is 4.62. The van der Waals surface area contributed by atoms with Crippen LogP contribution in [0.2, 0.25) is 0 Å². The van der Waals surface area contributed by atoms with Gasteiger partial charge in [0.1, 0.15) is 0 Å². The molecule has 0 amide bonds. The molecule has 0 aliphatic rings. The Morgan fingerprint density at radius 3 is 0.682 bits per heavy atom. The highest BCUT2D eigenvalue weighted by molar-refractivity contribution is 5.80. The predicted octanol–water partition coefficient (Wildman–Crippen LogP) is 20.6. The lowest BCUT2D eigenvalue weighted by molar-refractivity contribution is 0.556. The molecule has 0 saturated heterocycles. The van der Waals surface area contributed by atoms with Crippen LogP contribution in [-0.4, -0.2) is 0 Å². The van der Waals surface area contributed by atoms with Crippen molar-refractivity contribution in [1.82, 2.24) is 0 Å². The molecule has 7 aromatic rings. The van der Waals surface area contributed by atoms with Crippen molar-refractivity contribution in [3.8, 4) is 66.8 Å². The second kappa shape index (κ2) is 27.2. The first-order valence-corrected chi connectivity index (χ1v) is 26.4. The van der Waals surface area contributed by atoms with Crippen molar-refractivity contribution in [2.75, 3.05) is 0 Å². The normalized spacial score (nSPS) is 11.3. The summed E-state index contributed by atoms with van der Waals surface area (Å²) >= 11 is 0. The third-order valence-electron chi connectivity index (χ3n) is 14.0. The van der Waals surface area contributed by atoms with E-state index in [4.69, 9.17) is 0 Å². The Morgan fingerprint density at radius 1 is 0.212 bits per heavy atom. The van der Waals surface area contributed by atoms with Crippen LogP contribution in [0.5, 0.6) is 0 Å². The maximum atomic E-state index is 2.61. The van der Waals surface area contributed by atoms with Gasteiger partial charge in [0.05, 0.1) is 0 Å². The summed E-state index contributed by atoms with van der Waals surface area (Å²) in [5.41, 5.74) is 18.6. The van der Waals surface area contributed by atoms with Crippen LogP contribution in [0.15, 0.2) is 170 Å². The van der Waals surface area contributed by atoms with Gasteiger partial charge in [0.2, 0.25) is 0 Å². The summed E-state index contributed by atoms with van der Waals surface area (Å²) in [5.74, 6) is 0. The Kier molecular flexibility index (Phi) is 20.0. The number of hydrogen-bond acceptors (Lipinski definition) is 0. The summed E-state index contributed by atoms with van der Waals surface area (Å²) in [7, 11) is 0. The Morgan fingerprint density at radius 2 is 0.424 bits per heavy atom. The molecular weight excluding hydrogens is 793 g/mol. The molecule has 0 aromatic heterocycles. The van der Waals surface area contributed by atoms with Crippen LogP contribution in [0.25, 0.3) is 66.8 Å². The van der Waals surface area contributed by atoms with Crippen LogP contribution in [0.1, 0.15) is 153 Å². The van der Waals surface area contributed by atoms with E-state index in [1.54, 1.807) is 0 Å². The monoisotopic (exact) mass is 871 g/mol. The summed E-state index contributed by atoms with van der Waals surface area (Å²) in [6, 6.07) is 63.7. The zero-order valence-electron chi connectivity index (χ0n) is 40.7. The minimum Gasteiger partial charge on any atom is -0.0654 e. The van der Waals surface area contributed by atoms with E-state index in [-0.39, 0.29) is 0 Å². The number of benzene rings is 7. The molecule has 0 N–H and O–H groups in total. The largest absolute Gasteiger partial charge is 0.0654 e. The van der Waals surface area contributed by atoms with Crippen LogP contribution in [0.3, 0.4) is 0 Å². The smallest absolute Gasteiger partial charge is 0.0149 e. The van der Waals surface area contributed by atoms with Gasteiger partial charge in [0.25, 0.3) is 0 Å². The molecule has 0 radical (unpaired) electrons. The second-order valence-corrected chi connectivity index (χ2v) is 19.1. The van der Waals surface area contributed by atoms with E-state index < -0.39 is 0 Å².